The number of carbonyl (C=O) groups is 1. The summed E-state index contributed by atoms with van der Waals surface area (Å²) < 4.78 is 34.5. The smallest absolute Gasteiger partial charge is 0.275 e. The van der Waals surface area contributed by atoms with E-state index in [2.05, 4.69) is 35.3 Å². The molecular weight excluding hydrogens is 522 g/mol. The summed E-state index contributed by atoms with van der Waals surface area (Å²) in [5.74, 6) is -0.206. The van der Waals surface area contributed by atoms with E-state index < -0.39 is 15.9 Å². The largest absolute Gasteiger partial charge is 0.508 e. The van der Waals surface area contributed by atoms with Crippen LogP contribution in [0.2, 0.25) is 0 Å². The molecule has 0 radical (unpaired) electrons. The van der Waals surface area contributed by atoms with Crippen LogP contribution in [0.3, 0.4) is 0 Å². The lowest BCUT2D eigenvalue weighted by Gasteiger charge is -2.15. The number of hydrogen-bond acceptors (Lipinski definition) is 10. The van der Waals surface area contributed by atoms with E-state index in [1.54, 1.807) is 36.4 Å². The van der Waals surface area contributed by atoms with Crippen LogP contribution in [-0.2, 0) is 10.0 Å². The molecule has 0 aliphatic carbocycles. The average Bonchev–Trinajstić information content (AvgIpc) is 2.93. The van der Waals surface area contributed by atoms with Gasteiger partial charge in [0, 0.05) is 42.0 Å². The molecule has 2 heterocycles. The molecule has 196 valence electrons. The molecular formula is C26H21N7O5S. The van der Waals surface area contributed by atoms with Crippen molar-refractivity contribution < 1.29 is 23.1 Å². The van der Waals surface area contributed by atoms with Crippen LogP contribution >= 0.6 is 0 Å². The summed E-state index contributed by atoms with van der Waals surface area (Å²) in [7, 11) is -2.73. The van der Waals surface area contributed by atoms with E-state index in [4.69, 9.17) is 4.74 Å². The normalized spacial score (nSPS) is 11.1. The van der Waals surface area contributed by atoms with E-state index in [1.807, 2.05) is 0 Å². The van der Waals surface area contributed by atoms with Crippen molar-refractivity contribution in [3.8, 4) is 11.5 Å². The highest BCUT2D eigenvalue weighted by molar-refractivity contribution is 7.92. The first-order valence-corrected chi connectivity index (χ1v) is 12.9. The van der Waals surface area contributed by atoms with Gasteiger partial charge in [0.15, 0.2) is 11.6 Å². The van der Waals surface area contributed by atoms with Crippen molar-refractivity contribution in [1.82, 2.24) is 19.9 Å². The zero-order valence-corrected chi connectivity index (χ0v) is 21.2. The number of hydrogen-bond donors (Lipinski definition) is 4. The quantitative estimate of drug-likeness (QED) is 0.225. The average molecular weight is 544 g/mol. The van der Waals surface area contributed by atoms with Gasteiger partial charge in [0.05, 0.1) is 29.2 Å². The zero-order valence-electron chi connectivity index (χ0n) is 20.4. The molecule has 0 aliphatic heterocycles. The van der Waals surface area contributed by atoms with Crippen LogP contribution in [0, 0.1) is 0 Å². The van der Waals surface area contributed by atoms with Gasteiger partial charge in [0.25, 0.3) is 15.9 Å². The van der Waals surface area contributed by atoms with Gasteiger partial charge in [-0.1, -0.05) is 18.2 Å². The molecule has 1 amide bonds. The minimum Gasteiger partial charge on any atom is -0.508 e. The topological polar surface area (TPSA) is 168 Å². The third kappa shape index (κ3) is 5.83. The molecule has 0 saturated carbocycles. The predicted molar refractivity (Wildman–Crippen MR) is 145 cm³/mol. The molecule has 4 N–H and O–H groups in total. The highest BCUT2D eigenvalue weighted by atomic mass is 32.2. The van der Waals surface area contributed by atoms with Gasteiger partial charge in [0.1, 0.15) is 17.2 Å². The van der Waals surface area contributed by atoms with E-state index >= 15 is 0 Å². The third-order valence-electron chi connectivity index (χ3n) is 5.39. The fourth-order valence-electron chi connectivity index (χ4n) is 3.61. The van der Waals surface area contributed by atoms with Gasteiger partial charge in [-0.05, 0) is 30.3 Å². The summed E-state index contributed by atoms with van der Waals surface area (Å²) >= 11 is 0. The summed E-state index contributed by atoms with van der Waals surface area (Å²) in [5.41, 5.74) is 1.69. The zero-order chi connectivity index (χ0) is 27.4. The van der Waals surface area contributed by atoms with Crippen molar-refractivity contribution in [2.24, 2.45) is 0 Å². The Balaban J connectivity index is 1.47. The number of nitrogens with zero attached hydrogens (tertiary/aromatic N) is 4. The first-order valence-electron chi connectivity index (χ1n) is 11.4. The van der Waals surface area contributed by atoms with Gasteiger partial charge in [-0.3, -0.25) is 14.5 Å². The van der Waals surface area contributed by atoms with Gasteiger partial charge in [-0.15, -0.1) is 0 Å². The number of benzene rings is 3. The molecule has 0 saturated heterocycles. The fourth-order valence-corrected chi connectivity index (χ4v) is 4.66. The number of para-hydroxylation sites is 2. The minimum absolute atomic E-state index is 0.0620. The maximum Gasteiger partial charge on any atom is 0.275 e. The summed E-state index contributed by atoms with van der Waals surface area (Å²) in [6.07, 6.45) is 4.11. The second-order valence-corrected chi connectivity index (χ2v) is 9.81. The van der Waals surface area contributed by atoms with E-state index in [0.29, 0.717) is 22.5 Å². The van der Waals surface area contributed by atoms with Crippen molar-refractivity contribution in [1.29, 1.82) is 0 Å². The van der Waals surface area contributed by atoms with Crippen molar-refractivity contribution in [3.63, 3.8) is 0 Å². The number of methoxy groups -OCH3 is 1. The first-order chi connectivity index (χ1) is 18.8. The Morgan fingerprint density at radius 1 is 0.897 bits per heavy atom. The third-order valence-corrected chi connectivity index (χ3v) is 6.73. The molecule has 0 unspecified atom stereocenters. The number of amides is 1. The molecule has 12 nitrogen and oxygen atoms in total. The molecule has 0 atom stereocenters. The van der Waals surface area contributed by atoms with E-state index in [1.165, 1.54) is 56.0 Å². The molecule has 5 rings (SSSR count). The van der Waals surface area contributed by atoms with Crippen LogP contribution < -0.4 is 20.1 Å². The number of anilines is 4. The van der Waals surface area contributed by atoms with Gasteiger partial charge >= 0.3 is 0 Å². The van der Waals surface area contributed by atoms with Crippen molar-refractivity contribution in [2.45, 2.75) is 4.90 Å². The summed E-state index contributed by atoms with van der Waals surface area (Å²) in [4.78, 5) is 29.1. The number of phenolic OH excluding ortho intramolecular Hbond substituents is 1. The van der Waals surface area contributed by atoms with Crippen molar-refractivity contribution >= 4 is 50.0 Å². The van der Waals surface area contributed by atoms with Gasteiger partial charge in [0.2, 0.25) is 0 Å². The molecule has 39 heavy (non-hydrogen) atoms. The number of carbonyl (C=O) groups excluding carboxylic acids is 1. The van der Waals surface area contributed by atoms with Crippen LogP contribution in [0.4, 0.5) is 23.0 Å². The number of rotatable bonds is 8. The van der Waals surface area contributed by atoms with Crippen LogP contribution in [-0.4, -0.2) is 46.5 Å². The summed E-state index contributed by atoms with van der Waals surface area (Å²) in [6, 6.07) is 17.2. The van der Waals surface area contributed by atoms with Crippen LogP contribution in [0.1, 0.15) is 10.5 Å². The molecule has 13 heteroatoms. The number of sulfonamides is 1. The van der Waals surface area contributed by atoms with Crippen LogP contribution in [0.25, 0.3) is 11.0 Å². The monoisotopic (exact) mass is 543 g/mol. The second-order valence-electron chi connectivity index (χ2n) is 8.13. The minimum atomic E-state index is -4.19. The lowest BCUT2D eigenvalue weighted by atomic mass is 10.2. The Morgan fingerprint density at radius 2 is 1.67 bits per heavy atom. The van der Waals surface area contributed by atoms with Gasteiger partial charge in [-0.25, -0.2) is 23.4 Å². The van der Waals surface area contributed by atoms with Crippen molar-refractivity contribution in [3.05, 3.63) is 91.0 Å². The van der Waals surface area contributed by atoms with Gasteiger partial charge in [-0.2, -0.15) is 0 Å². The Morgan fingerprint density at radius 3 is 2.38 bits per heavy atom. The Hall–Kier alpha value is -5.30. The van der Waals surface area contributed by atoms with Crippen LogP contribution in [0.15, 0.2) is 90.2 Å². The summed E-state index contributed by atoms with van der Waals surface area (Å²) in [6.45, 7) is 0. The molecule has 0 spiro atoms. The highest BCUT2D eigenvalue weighted by Crippen LogP contribution is 2.31. The molecule has 0 aliphatic rings. The molecule has 0 bridgehead atoms. The number of aromatic hydroxyl groups is 1. The van der Waals surface area contributed by atoms with E-state index in [0.717, 1.165) is 0 Å². The van der Waals surface area contributed by atoms with E-state index in [-0.39, 0.29) is 33.7 Å². The number of fused-ring (bicyclic) bond motifs is 1. The number of phenols is 1. The number of aromatic nitrogens is 4. The van der Waals surface area contributed by atoms with Gasteiger partial charge < -0.3 is 20.5 Å². The lowest BCUT2D eigenvalue weighted by Crippen LogP contribution is -2.17. The lowest BCUT2D eigenvalue weighted by molar-refractivity contribution is 0.102. The van der Waals surface area contributed by atoms with Crippen LogP contribution in [0.5, 0.6) is 11.5 Å². The predicted octanol–water partition coefficient (Wildman–Crippen LogP) is 3.93. The van der Waals surface area contributed by atoms with E-state index in [9.17, 15) is 18.3 Å². The number of nitrogens with one attached hydrogen (secondary N) is 3. The SMILES string of the molecule is COc1cc(O)cc(Nc2nc3ccccc3nc2NS(=O)(=O)c2cccc(NC(=O)c3cnccn3)c2)c1. The standard InChI is InChI=1S/C26H21N7O5S/c1-38-19-12-17(11-18(34)14-19)29-24-25(32-22-8-3-2-7-21(22)31-24)33-39(36,37)20-6-4-5-16(13-20)30-26(35)23-15-27-9-10-28-23/h2-15,34H,1H3,(H,29,31)(H,30,35)(H,32,33). The summed E-state index contributed by atoms with van der Waals surface area (Å²) in [5, 5.41) is 15.6. The fraction of sp³-hybridized carbons (Fsp3) is 0.0385. The Bertz CT molecular complexity index is 1780. The molecule has 5 aromatic rings. The maximum absolute atomic E-state index is 13.4. The number of ether oxygens (including phenoxy) is 1. The first kappa shape index (κ1) is 25.4. The molecule has 3 aromatic carbocycles. The molecule has 2 aromatic heterocycles. The molecule has 0 fully saturated rings. The Kier molecular flexibility index (Phi) is 6.89. The second kappa shape index (κ2) is 10.6. The highest BCUT2D eigenvalue weighted by Gasteiger charge is 2.20. The van der Waals surface area contributed by atoms with Crippen molar-refractivity contribution in [2.75, 3.05) is 22.5 Å². The maximum atomic E-state index is 13.4. The Labute approximate surface area is 222 Å².